The number of hydrogen-bond donors (Lipinski definition) is 2. The van der Waals surface area contributed by atoms with Gasteiger partial charge in [0, 0.05) is 5.41 Å². The number of rotatable bonds is 2. The molecule has 2 rings (SSSR count). The van der Waals surface area contributed by atoms with Crippen molar-refractivity contribution in [3.63, 3.8) is 0 Å². The van der Waals surface area contributed by atoms with Crippen LogP contribution in [0.3, 0.4) is 0 Å². The number of benzene rings is 1. The van der Waals surface area contributed by atoms with Crippen molar-refractivity contribution in [1.82, 2.24) is 0 Å². The number of aromatic hydroxyl groups is 1. The summed E-state index contributed by atoms with van der Waals surface area (Å²) in [6, 6.07) is 5.45. The lowest BCUT2D eigenvalue weighted by molar-refractivity contribution is 0.119. The first-order valence-electron chi connectivity index (χ1n) is 4.78. The van der Waals surface area contributed by atoms with E-state index in [0.29, 0.717) is 0 Å². The first-order valence-corrected chi connectivity index (χ1v) is 5.58. The van der Waals surface area contributed by atoms with E-state index < -0.39 is 0 Å². The third kappa shape index (κ3) is 1.35. The molecule has 76 valence electrons. The van der Waals surface area contributed by atoms with Crippen molar-refractivity contribution in [1.29, 1.82) is 0 Å². The number of aliphatic hydroxyl groups is 1. The van der Waals surface area contributed by atoms with E-state index in [4.69, 9.17) is 0 Å². The fourth-order valence-corrected chi connectivity index (χ4v) is 2.73. The Kier molecular flexibility index (Phi) is 2.54. The Morgan fingerprint density at radius 1 is 1.36 bits per heavy atom. The van der Waals surface area contributed by atoms with Crippen molar-refractivity contribution in [3.8, 4) is 5.75 Å². The fraction of sp³-hybridized carbons (Fsp3) is 0.455. The highest BCUT2D eigenvalue weighted by Gasteiger charge is 2.39. The van der Waals surface area contributed by atoms with E-state index >= 15 is 0 Å². The highest BCUT2D eigenvalue weighted by Crippen LogP contribution is 2.47. The predicted molar refractivity (Wildman–Crippen MR) is 58.4 cm³/mol. The van der Waals surface area contributed by atoms with Crippen LogP contribution in [0.1, 0.15) is 24.8 Å². The van der Waals surface area contributed by atoms with Crippen LogP contribution in [0.25, 0.3) is 0 Å². The van der Waals surface area contributed by atoms with Gasteiger partial charge in [0.1, 0.15) is 5.75 Å². The van der Waals surface area contributed by atoms with E-state index in [2.05, 4.69) is 15.9 Å². The van der Waals surface area contributed by atoms with Crippen LogP contribution in [0.5, 0.6) is 5.75 Å². The van der Waals surface area contributed by atoms with Crippen LogP contribution >= 0.6 is 15.9 Å². The van der Waals surface area contributed by atoms with Gasteiger partial charge < -0.3 is 10.2 Å². The second kappa shape index (κ2) is 3.55. The van der Waals surface area contributed by atoms with Gasteiger partial charge in [-0.25, -0.2) is 0 Å². The molecule has 3 heteroatoms. The summed E-state index contributed by atoms with van der Waals surface area (Å²) < 4.78 is 0.730. The minimum atomic E-state index is -0.114. The normalized spacial score (nSPS) is 19.0. The molecule has 0 saturated heterocycles. The Morgan fingerprint density at radius 2 is 2.07 bits per heavy atom. The number of phenolic OH excluding ortho intramolecular Hbond substituents is 1. The van der Waals surface area contributed by atoms with Crippen LogP contribution in [0.2, 0.25) is 0 Å². The predicted octanol–water partition coefficient (Wildman–Crippen LogP) is 2.57. The molecule has 0 radical (unpaired) electrons. The van der Waals surface area contributed by atoms with Gasteiger partial charge in [0.25, 0.3) is 0 Å². The van der Waals surface area contributed by atoms with Crippen molar-refractivity contribution in [3.05, 3.63) is 28.2 Å². The van der Waals surface area contributed by atoms with Crippen molar-refractivity contribution in [2.45, 2.75) is 24.7 Å². The van der Waals surface area contributed by atoms with Crippen molar-refractivity contribution in [2.24, 2.45) is 0 Å². The Bertz CT molecular complexity index is 340. The van der Waals surface area contributed by atoms with E-state index in [9.17, 15) is 10.2 Å². The molecule has 1 saturated carbocycles. The Balaban J connectivity index is 2.45. The number of phenols is 1. The standard InChI is InChI=1S/C11H13BrO2/c12-10-8(3-1-4-9(10)14)11(7-13)5-2-6-11/h1,3-4,13-14H,2,5-7H2. The van der Waals surface area contributed by atoms with Crippen LogP contribution in [-0.4, -0.2) is 16.8 Å². The number of hydrogen-bond acceptors (Lipinski definition) is 2. The van der Waals surface area contributed by atoms with Gasteiger partial charge in [-0.1, -0.05) is 18.6 Å². The highest BCUT2D eigenvalue weighted by atomic mass is 79.9. The third-order valence-corrected chi connectivity index (χ3v) is 4.00. The number of halogens is 1. The second-order valence-electron chi connectivity index (χ2n) is 3.93. The zero-order chi connectivity index (χ0) is 10.2. The third-order valence-electron chi connectivity index (χ3n) is 3.16. The summed E-state index contributed by atoms with van der Waals surface area (Å²) in [4.78, 5) is 0. The van der Waals surface area contributed by atoms with E-state index in [1.807, 2.05) is 12.1 Å². The molecule has 1 aliphatic rings. The highest BCUT2D eigenvalue weighted by molar-refractivity contribution is 9.10. The molecule has 0 bridgehead atoms. The Labute approximate surface area is 91.7 Å². The first kappa shape index (κ1) is 9.99. The number of aliphatic hydroxyl groups excluding tert-OH is 1. The monoisotopic (exact) mass is 256 g/mol. The lowest BCUT2D eigenvalue weighted by atomic mass is 9.65. The van der Waals surface area contributed by atoms with Crippen LogP contribution in [-0.2, 0) is 5.41 Å². The molecule has 1 aromatic rings. The summed E-state index contributed by atoms with van der Waals surface area (Å²) in [5.74, 6) is 0.252. The van der Waals surface area contributed by atoms with Gasteiger partial charge in [-0.15, -0.1) is 0 Å². The molecule has 0 aromatic heterocycles. The average molecular weight is 257 g/mol. The molecule has 14 heavy (non-hydrogen) atoms. The van der Waals surface area contributed by atoms with Gasteiger partial charge in [0.05, 0.1) is 11.1 Å². The molecular formula is C11H13BrO2. The summed E-state index contributed by atoms with van der Waals surface area (Å²) in [6.07, 6.45) is 3.17. The largest absolute Gasteiger partial charge is 0.507 e. The van der Waals surface area contributed by atoms with Gasteiger partial charge >= 0.3 is 0 Å². The van der Waals surface area contributed by atoms with Gasteiger partial charge in [-0.3, -0.25) is 0 Å². The lowest BCUT2D eigenvalue weighted by Gasteiger charge is -2.41. The molecule has 0 amide bonds. The van der Waals surface area contributed by atoms with Crippen molar-refractivity contribution < 1.29 is 10.2 Å². The first-order chi connectivity index (χ1) is 6.69. The molecule has 1 fully saturated rings. The zero-order valence-electron chi connectivity index (χ0n) is 7.83. The quantitative estimate of drug-likeness (QED) is 0.854. The topological polar surface area (TPSA) is 40.5 Å². The minimum Gasteiger partial charge on any atom is -0.507 e. The van der Waals surface area contributed by atoms with Gasteiger partial charge in [-0.2, -0.15) is 0 Å². The van der Waals surface area contributed by atoms with E-state index in [0.717, 1.165) is 29.3 Å². The SMILES string of the molecule is OCC1(c2cccc(O)c2Br)CCC1. The summed E-state index contributed by atoms with van der Waals surface area (Å²) >= 11 is 3.37. The van der Waals surface area contributed by atoms with Gasteiger partial charge in [-0.05, 0) is 40.4 Å². The van der Waals surface area contributed by atoms with Crippen molar-refractivity contribution >= 4 is 15.9 Å². The molecule has 1 aliphatic carbocycles. The van der Waals surface area contributed by atoms with Crippen LogP contribution in [0.15, 0.2) is 22.7 Å². The molecule has 0 unspecified atom stereocenters. The average Bonchev–Trinajstić information content (AvgIpc) is 2.11. The van der Waals surface area contributed by atoms with Gasteiger partial charge in [0.2, 0.25) is 0 Å². The maximum absolute atomic E-state index is 9.55. The maximum atomic E-state index is 9.55. The molecule has 2 nitrogen and oxygen atoms in total. The smallest absolute Gasteiger partial charge is 0.130 e. The van der Waals surface area contributed by atoms with Crippen LogP contribution in [0, 0.1) is 0 Å². The molecular weight excluding hydrogens is 244 g/mol. The molecule has 0 atom stereocenters. The molecule has 2 N–H and O–H groups in total. The molecule has 0 aliphatic heterocycles. The van der Waals surface area contributed by atoms with Gasteiger partial charge in [0.15, 0.2) is 0 Å². The minimum absolute atomic E-state index is 0.114. The molecule has 0 spiro atoms. The second-order valence-corrected chi connectivity index (χ2v) is 4.72. The van der Waals surface area contributed by atoms with Crippen LogP contribution in [0.4, 0.5) is 0 Å². The van der Waals surface area contributed by atoms with E-state index in [1.165, 1.54) is 0 Å². The fourth-order valence-electron chi connectivity index (χ4n) is 2.05. The Morgan fingerprint density at radius 3 is 2.57 bits per heavy atom. The van der Waals surface area contributed by atoms with Crippen molar-refractivity contribution in [2.75, 3.05) is 6.61 Å². The summed E-state index contributed by atoms with van der Waals surface area (Å²) in [7, 11) is 0. The lowest BCUT2D eigenvalue weighted by Crippen LogP contribution is -2.38. The summed E-state index contributed by atoms with van der Waals surface area (Å²) in [5, 5.41) is 19.0. The molecule has 1 aromatic carbocycles. The van der Waals surface area contributed by atoms with E-state index in [1.54, 1.807) is 6.07 Å². The maximum Gasteiger partial charge on any atom is 0.130 e. The molecule has 0 heterocycles. The summed E-state index contributed by atoms with van der Waals surface area (Å²) in [5.41, 5.74) is 0.920. The summed E-state index contributed by atoms with van der Waals surface area (Å²) in [6.45, 7) is 0.162. The zero-order valence-corrected chi connectivity index (χ0v) is 9.42. The Hall–Kier alpha value is -0.540. The van der Waals surface area contributed by atoms with E-state index in [-0.39, 0.29) is 17.8 Å². The van der Waals surface area contributed by atoms with Crippen LogP contribution < -0.4 is 0 Å².